The fourth-order valence-electron chi connectivity index (χ4n) is 2.19. The summed E-state index contributed by atoms with van der Waals surface area (Å²) in [6, 6.07) is 0. The fraction of sp³-hybridized carbons (Fsp3) is 1.00. The van der Waals surface area contributed by atoms with E-state index in [4.69, 9.17) is 0 Å². The van der Waals surface area contributed by atoms with Gasteiger partial charge in [-0.05, 0) is 0 Å². The molecule has 54 valence electrons. The van der Waals surface area contributed by atoms with Gasteiger partial charge in [0.05, 0.1) is 0 Å². The maximum Gasteiger partial charge on any atom is 0.0200 e. The topological polar surface area (TPSA) is 0 Å². The van der Waals surface area contributed by atoms with E-state index in [1.165, 1.54) is 11.1 Å². The summed E-state index contributed by atoms with van der Waals surface area (Å²) >= 11 is 0. The molecule has 9 heavy (non-hydrogen) atoms. The summed E-state index contributed by atoms with van der Waals surface area (Å²) in [7, 11) is 0.733. The van der Waals surface area contributed by atoms with E-state index in [1.54, 1.807) is 19.3 Å². The lowest BCUT2D eigenvalue weighted by atomic mass is 10.4. The molecule has 0 aromatic heterocycles. The Balaban J connectivity index is 2.32. The Bertz CT molecular complexity index is 73.0. The lowest BCUT2D eigenvalue weighted by Gasteiger charge is -2.13. The van der Waals surface area contributed by atoms with Gasteiger partial charge in [-0.25, -0.2) is 0 Å². The van der Waals surface area contributed by atoms with E-state index in [1.807, 2.05) is 0 Å². The third-order valence-electron chi connectivity index (χ3n) is 2.87. The fourth-order valence-corrected chi connectivity index (χ4v) is 7.39. The van der Waals surface area contributed by atoms with Gasteiger partial charge in [0.1, 0.15) is 0 Å². The average molecular weight is 158 g/mol. The molecule has 0 heterocycles. The summed E-state index contributed by atoms with van der Waals surface area (Å²) in [5.41, 5.74) is 2.56. The molecule has 0 amide bonds. The van der Waals surface area contributed by atoms with Crippen molar-refractivity contribution in [1.29, 1.82) is 0 Å². The van der Waals surface area contributed by atoms with Gasteiger partial charge in [-0.15, -0.1) is 0 Å². The molecule has 0 saturated heterocycles. The van der Waals surface area contributed by atoms with E-state index in [0.29, 0.717) is 19.0 Å². The minimum Gasteiger partial charge on any atom is -0.0746 e. The van der Waals surface area contributed by atoms with Crippen LogP contribution in [0.4, 0.5) is 0 Å². The molecule has 0 aliphatic heterocycles. The van der Waals surface area contributed by atoms with E-state index in [9.17, 15) is 0 Å². The molecule has 1 aliphatic carbocycles. The van der Waals surface area contributed by atoms with Crippen LogP contribution in [0.15, 0.2) is 0 Å². The number of rotatable bonds is 2. The van der Waals surface area contributed by atoms with E-state index >= 15 is 0 Å². The minimum atomic E-state index is 0.367. The van der Waals surface area contributed by atoms with Crippen molar-refractivity contribution in [2.45, 2.75) is 43.4 Å². The Kier molecular flexibility index (Phi) is 2.99. The second kappa shape index (κ2) is 3.57. The van der Waals surface area contributed by atoms with Gasteiger partial charge in [0.15, 0.2) is 0 Å². The normalized spacial score (nSPS) is 38.0. The first-order chi connectivity index (χ1) is 4.38. The van der Waals surface area contributed by atoms with Crippen molar-refractivity contribution in [1.82, 2.24) is 0 Å². The molecule has 2 unspecified atom stereocenters. The Hall–Kier alpha value is 0.434. The van der Waals surface area contributed by atoms with Crippen LogP contribution in [0.5, 0.6) is 0 Å². The average Bonchev–Trinajstić information content (AvgIpc) is 2.33. The maximum absolute atomic E-state index is 2.49. The molecule has 1 saturated carbocycles. The van der Waals surface area contributed by atoms with Crippen molar-refractivity contribution >= 4 is 19.0 Å². The van der Waals surface area contributed by atoms with Crippen molar-refractivity contribution in [3.05, 3.63) is 0 Å². The standard InChI is InChI=1S/C7H18Si2/c1-8-6-4-3-5-7(6)9-2/h6-7H,3-5,8-9H2,1-2H3. The highest BCUT2D eigenvalue weighted by atomic mass is 28.2. The van der Waals surface area contributed by atoms with E-state index < -0.39 is 0 Å². The molecule has 0 N–H and O–H groups in total. The van der Waals surface area contributed by atoms with Crippen LogP contribution in [-0.4, -0.2) is 19.0 Å². The van der Waals surface area contributed by atoms with E-state index in [0.717, 1.165) is 0 Å². The van der Waals surface area contributed by atoms with Gasteiger partial charge in [0.25, 0.3) is 0 Å². The summed E-state index contributed by atoms with van der Waals surface area (Å²) in [5, 5.41) is 0. The third kappa shape index (κ3) is 1.68. The predicted molar refractivity (Wildman–Crippen MR) is 50.2 cm³/mol. The highest BCUT2D eigenvalue weighted by Gasteiger charge is 2.23. The molecule has 1 rings (SSSR count). The molecule has 2 heteroatoms. The Morgan fingerprint density at radius 2 is 1.44 bits per heavy atom. The molecule has 0 nitrogen and oxygen atoms in total. The molecular weight excluding hydrogens is 140 g/mol. The molecular formula is C7H18Si2. The maximum atomic E-state index is 2.49. The quantitative estimate of drug-likeness (QED) is 0.530. The van der Waals surface area contributed by atoms with Crippen LogP contribution in [0.1, 0.15) is 19.3 Å². The van der Waals surface area contributed by atoms with Gasteiger partial charge in [-0.3, -0.25) is 0 Å². The molecule has 0 radical (unpaired) electrons. The van der Waals surface area contributed by atoms with Crippen molar-refractivity contribution < 1.29 is 0 Å². The highest BCUT2D eigenvalue weighted by molar-refractivity contribution is 6.43. The Morgan fingerprint density at radius 1 is 1.00 bits per heavy atom. The molecule has 0 aromatic rings. The molecule has 0 aromatic carbocycles. The summed E-state index contributed by atoms with van der Waals surface area (Å²) in [5.74, 6) is 0. The SMILES string of the molecule is C[SiH2]C1CCCC1[SiH2]C. The van der Waals surface area contributed by atoms with Crippen LogP contribution in [0, 0.1) is 0 Å². The van der Waals surface area contributed by atoms with Crippen LogP contribution < -0.4 is 0 Å². The van der Waals surface area contributed by atoms with Gasteiger partial charge in [-0.1, -0.05) is 43.4 Å². The monoisotopic (exact) mass is 158 g/mol. The number of hydrogen-bond donors (Lipinski definition) is 0. The van der Waals surface area contributed by atoms with Gasteiger partial charge >= 0.3 is 0 Å². The largest absolute Gasteiger partial charge is 0.0746 e. The molecule has 2 atom stereocenters. The van der Waals surface area contributed by atoms with Crippen molar-refractivity contribution in [2.24, 2.45) is 0 Å². The van der Waals surface area contributed by atoms with Gasteiger partial charge in [-0.2, -0.15) is 0 Å². The highest BCUT2D eigenvalue weighted by Crippen LogP contribution is 2.39. The first-order valence-corrected chi connectivity index (χ1v) is 8.84. The summed E-state index contributed by atoms with van der Waals surface area (Å²) in [4.78, 5) is 0. The second-order valence-corrected chi connectivity index (χ2v) is 7.00. The van der Waals surface area contributed by atoms with Gasteiger partial charge in [0, 0.05) is 19.0 Å². The van der Waals surface area contributed by atoms with Gasteiger partial charge < -0.3 is 0 Å². The zero-order valence-corrected chi connectivity index (χ0v) is 9.52. The predicted octanol–water partition coefficient (Wildman–Crippen LogP) is 1.18. The smallest absolute Gasteiger partial charge is 0.0200 e. The lowest BCUT2D eigenvalue weighted by Crippen LogP contribution is -2.05. The third-order valence-corrected chi connectivity index (χ3v) is 7.78. The van der Waals surface area contributed by atoms with Crippen LogP contribution in [0.2, 0.25) is 24.2 Å². The van der Waals surface area contributed by atoms with Gasteiger partial charge in [0.2, 0.25) is 0 Å². The Labute approximate surface area is 63.1 Å². The van der Waals surface area contributed by atoms with Crippen molar-refractivity contribution in [3.63, 3.8) is 0 Å². The van der Waals surface area contributed by atoms with Crippen LogP contribution in [0.3, 0.4) is 0 Å². The lowest BCUT2D eigenvalue weighted by molar-refractivity contribution is 0.857. The van der Waals surface area contributed by atoms with Crippen LogP contribution in [-0.2, 0) is 0 Å². The molecule has 1 aliphatic rings. The number of hydrogen-bond acceptors (Lipinski definition) is 0. The molecule has 0 bridgehead atoms. The van der Waals surface area contributed by atoms with Crippen LogP contribution in [0.25, 0.3) is 0 Å². The first kappa shape index (κ1) is 7.54. The first-order valence-electron chi connectivity index (χ1n) is 4.38. The Morgan fingerprint density at radius 3 is 1.78 bits per heavy atom. The molecule has 1 fully saturated rings. The summed E-state index contributed by atoms with van der Waals surface area (Å²) in [6.45, 7) is 4.99. The molecule has 0 spiro atoms. The zero-order valence-electron chi connectivity index (χ0n) is 6.69. The van der Waals surface area contributed by atoms with Crippen LogP contribution >= 0.6 is 0 Å². The minimum absolute atomic E-state index is 0.367. The van der Waals surface area contributed by atoms with Crippen molar-refractivity contribution in [3.8, 4) is 0 Å². The second-order valence-electron chi connectivity index (χ2n) is 3.27. The summed E-state index contributed by atoms with van der Waals surface area (Å²) < 4.78 is 0. The van der Waals surface area contributed by atoms with Crippen molar-refractivity contribution in [2.75, 3.05) is 0 Å². The van der Waals surface area contributed by atoms with E-state index in [-0.39, 0.29) is 0 Å². The van der Waals surface area contributed by atoms with E-state index in [2.05, 4.69) is 13.1 Å². The summed E-state index contributed by atoms with van der Waals surface area (Å²) in [6.07, 6.45) is 4.78. The zero-order chi connectivity index (χ0) is 6.69.